The molecule has 4 heteroatoms. The summed E-state index contributed by atoms with van der Waals surface area (Å²) in [4.78, 5) is 0. The van der Waals surface area contributed by atoms with Crippen molar-refractivity contribution in [2.45, 2.75) is 13.0 Å². The Morgan fingerprint density at radius 3 is 2.89 bits per heavy atom. The summed E-state index contributed by atoms with van der Waals surface area (Å²) in [5, 5.41) is 10.7. The molecule has 0 aromatic rings. The number of nitrogens with zero attached hydrogens (tertiary/aromatic N) is 3. The fraction of sp³-hybridized carbons (Fsp3) is 0.600. The first-order chi connectivity index (χ1) is 4.34. The molecule has 0 saturated heterocycles. The van der Waals surface area contributed by atoms with Gasteiger partial charge in [-0.1, -0.05) is 5.10 Å². The zero-order chi connectivity index (χ0) is 6.69. The lowest BCUT2D eigenvalue weighted by Crippen LogP contribution is -2.14. The molecule has 0 fully saturated rings. The van der Waals surface area contributed by atoms with Crippen molar-refractivity contribution in [3.05, 3.63) is 6.04 Å². The van der Waals surface area contributed by atoms with Crippen LogP contribution < -0.4 is 0 Å². The molecule has 0 aromatic carbocycles. The lowest BCUT2D eigenvalue weighted by Gasteiger charge is -1.96. The molecule has 0 radical (unpaired) electrons. The van der Waals surface area contributed by atoms with Crippen molar-refractivity contribution in [1.29, 1.82) is 0 Å². The maximum Gasteiger partial charge on any atom is 0.329 e. The minimum atomic E-state index is -0.000000000000000222. The molecule has 1 unspecified atom stereocenters. The van der Waals surface area contributed by atoms with E-state index >= 15 is 0 Å². The molecule has 0 spiro atoms. The highest BCUT2D eigenvalue weighted by atomic mass is 16.5. The van der Waals surface area contributed by atoms with Crippen LogP contribution in [0, 0.1) is 6.04 Å². The predicted octanol–water partition coefficient (Wildman–Crippen LogP) is 1.00. The van der Waals surface area contributed by atoms with Gasteiger partial charge in [0.15, 0.2) is 0 Å². The van der Waals surface area contributed by atoms with Gasteiger partial charge in [-0.25, -0.2) is 0 Å². The largest absolute Gasteiger partial charge is 0.338 e. The van der Waals surface area contributed by atoms with Gasteiger partial charge in [-0.15, -0.1) is 0 Å². The first-order valence-electron chi connectivity index (χ1n) is 2.68. The third kappa shape index (κ3) is 1.26. The van der Waals surface area contributed by atoms with Gasteiger partial charge in [-0.3, -0.25) is 0 Å². The molecule has 4 nitrogen and oxygen atoms in total. The van der Waals surface area contributed by atoms with E-state index in [4.69, 9.17) is 4.74 Å². The third-order valence-electron chi connectivity index (χ3n) is 1.17. The second-order valence-corrected chi connectivity index (χ2v) is 1.74. The summed E-state index contributed by atoms with van der Waals surface area (Å²) in [6.45, 7) is 1.89. The molecule has 9 heavy (non-hydrogen) atoms. The van der Waals surface area contributed by atoms with Gasteiger partial charge >= 0.3 is 6.04 Å². The summed E-state index contributed by atoms with van der Waals surface area (Å²) in [5.41, 5.74) is 0. The van der Waals surface area contributed by atoms with Gasteiger partial charge in [0.25, 0.3) is 0 Å². The van der Waals surface area contributed by atoms with Crippen molar-refractivity contribution < 1.29 is 4.74 Å². The molecular weight excluding hydrogens is 118 g/mol. The van der Waals surface area contributed by atoms with Gasteiger partial charge in [0, 0.05) is 19.3 Å². The van der Waals surface area contributed by atoms with Crippen LogP contribution in [0.1, 0.15) is 6.92 Å². The van der Waals surface area contributed by atoms with Gasteiger partial charge in [0.1, 0.15) is 0 Å². The second-order valence-electron chi connectivity index (χ2n) is 1.74. The average Bonchev–Trinajstić information content (AvgIpc) is 2.37. The molecule has 0 aliphatic carbocycles. The Bertz CT molecular complexity index is 131. The molecular formula is C5H8N3O+. The van der Waals surface area contributed by atoms with E-state index in [2.05, 4.69) is 15.4 Å². The second kappa shape index (κ2) is 2.59. The Kier molecular flexibility index (Phi) is 1.79. The van der Waals surface area contributed by atoms with Gasteiger partial charge in [0.2, 0.25) is 12.3 Å². The van der Waals surface area contributed by atoms with E-state index in [0.29, 0.717) is 0 Å². The van der Waals surface area contributed by atoms with E-state index in [0.717, 1.165) is 6.04 Å². The normalized spacial score (nSPS) is 19.1. The average molecular weight is 126 g/mol. The maximum absolute atomic E-state index is 4.95. The Morgan fingerprint density at radius 2 is 2.44 bits per heavy atom. The minimum absolute atomic E-state index is 0.000000000000000222. The van der Waals surface area contributed by atoms with Crippen LogP contribution in [0.3, 0.4) is 0 Å². The number of rotatable bonds is 2. The monoisotopic (exact) mass is 126 g/mol. The standard InChI is InChI=1S/C5H8N3O/c1-4(9-2)5-3-6-8-7-5/h3-4H,1-2H3/q+1. The summed E-state index contributed by atoms with van der Waals surface area (Å²) in [6.07, 6.45) is 1.59. The minimum Gasteiger partial charge on any atom is -0.338 e. The molecule has 0 amide bonds. The van der Waals surface area contributed by atoms with Crippen LogP contribution >= 0.6 is 0 Å². The smallest absolute Gasteiger partial charge is 0.329 e. The van der Waals surface area contributed by atoms with Crippen molar-refractivity contribution in [3.63, 3.8) is 0 Å². The van der Waals surface area contributed by atoms with Crippen LogP contribution in [0.15, 0.2) is 15.4 Å². The van der Waals surface area contributed by atoms with Crippen LogP contribution in [-0.2, 0) is 4.74 Å². The summed E-state index contributed by atoms with van der Waals surface area (Å²) >= 11 is 0. The van der Waals surface area contributed by atoms with Crippen molar-refractivity contribution in [3.8, 4) is 0 Å². The van der Waals surface area contributed by atoms with E-state index < -0.39 is 0 Å². The summed E-state index contributed by atoms with van der Waals surface area (Å²) in [5.74, 6) is 0. The lowest BCUT2D eigenvalue weighted by atomic mass is 10.2. The summed E-state index contributed by atoms with van der Waals surface area (Å²) < 4.78 is 4.95. The van der Waals surface area contributed by atoms with E-state index in [9.17, 15) is 0 Å². The fourth-order valence-electron chi connectivity index (χ4n) is 0.495. The molecule has 1 heterocycles. The van der Waals surface area contributed by atoms with Crippen LogP contribution in [0.25, 0.3) is 0 Å². The van der Waals surface area contributed by atoms with Crippen LogP contribution in [0.4, 0.5) is 0 Å². The van der Waals surface area contributed by atoms with Gasteiger partial charge in [-0.05, 0) is 0 Å². The van der Waals surface area contributed by atoms with Crippen LogP contribution in [0.2, 0.25) is 0 Å². The molecule has 48 valence electrons. The highest BCUT2D eigenvalue weighted by molar-refractivity contribution is 5.75. The molecule has 1 aliphatic heterocycles. The zero-order valence-electron chi connectivity index (χ0n) is 5.40. The Morgan fingerprint density at radius 1 is 1.67 bits per heavy atom. The van der Waals surface area contributed by atoms with E-state index in [-0.39, 0.29) is 6.10 Å². The van der Waals surface area contributed by atoms with E-state index in [1.807, 2.05) is 6.92 Å². The number of methoxy groups -OCH3 is 1. The summed E-state index contributed by atoms with van der Waals surface area (Å²) in [7, 11) is 1.62. The number of hydrogen-bond donors (Lipinski definition) is 0. The SMILES string of the molecule is COC(C)[C+]1C=NN=N1. The number of ether oxygens (including phenoxy) is 1. The Hall–Kier alpha value is -0.900. The fourth-order valence-corrected chi connectivity index (χ4v) is 0.495. The highest BCUT2D eigenvalue weighted by Crippen LogP contribution is 2.13. The van der Waals surface area contributed by atoms with Gasteiger partial charge < -0.3 is 4.74 Å². The van der Waals surface area contributed by atoms with Crippen molar-refractivity contribution in [2.75, 3.05) is 7.11 Å². The van der Waals surface area contributed by atoms with E-state index in [1.165, 1.54) is 0 Å². The molecule has 0 bridgehead atoms. The molecule has 0 aromatic heterocycles. The van der Waals surface area contributed by atoms with Crippen molar-refractivity contribution in [2.24, 2.45) is 15.4 Å². The molecule has 1 aliphatic rings. The van der Waals surface area contributed by atoms with Crippen LogP contribution in [0.5, 0.6) is 0 Å². The quantitative estimate of drug-likeness (QED) is 0.509. The third-order valence-corrected chi connectivity index (χ3v) is 1.17. The molecule has 1 atom stereocenters. The lowest BCUT2D eigenvalue weighted by molar-refractivity contribution is 0.136. The molecule has 0 N–H and O–H groups in total. The molecule has 1 rings (SSSR count). The Labute approximate surface area is 53.6 Å². The summed E-state index contributed by atoms with van der Waals surface area (Å²) in [6, 6.07) is 0.775. The van der Waals surface area contributed by atoms with E-state index in [1.54, 1.807) is 13.3 Å². The zero-order valence-corrected chi connectivity index (χ0v) is 5.40. The van der Waals surface area contributed by atoms with Gasteiger partial charge in [0.05, 0.1) is 5.11 Å². The predicted molar refractivity (Wildman–Crippen MR) is 33.1 cm³/mol. The Balaban J connectivity index is 2.43. The number of hydrogen-bond acceptors (Lipinski definition) is 4. The van der Waals surface area contributed by atoms with Gasteiger partial charge in [-0.2, -0.15) is 0 Å². The van der Waals surface area contributed by atoms with Crippen LogP contribution in [-0.4, -0.2) is 19.4 Å². The highest BCUT2D eigenvalue weighted by Gasteiger charge is 2.31. The topological polar surface area (TPSA) is 46.3 Å². The molecule has 0 saturated carbocycles. The van der Waals surface area contributed by atoms with Crippen molar-refractivity contribution in [1.82, 2.24) is 0 Å². The van der Waals surface area contributed by atoms with Crippen molar-refractivity contribution >= 4 is 6.21 Å². The first kappa shape index (κ1) is 6.22. The maximum atomic E-state index is 4.95. The first-order valence-corrected chi connectivity index (χ1v) is 2.68.